The maximum absolute atomic E-state index is 12.6. The Morgan fingerprint density at radius 3 is 2.64 bits per heavy atom. The van der Waals surface area contributed by atoms with E-state index in [4.69, 9.17) is 16.6 Å². The molecule has 22 heavy (non-hydrogen) atoms. The molecule has 0 saturated carbocycles. The summed E-state index contributed by atoms with van der Waals surface area (Å²) in [6.45, 7) is 0. The number of hydrogen-bond donors (Lipinski definition) is 3. The first-order valence-electron chi connectivity index (χ1n) is 6.39. The molecule has 0 spiro atoms. The SMILES string of the molecule is Nc1ccc(C(=O)c2nc(N)c3ccccn23)cc1C(=O)O. The molecule has 0 atom stereocenters. The van der Waals surface area contributed by atoms with Gasteiger partial charge < -0.3 is 16.6 Å². The van der Waals surface area contributed by atoms with Gasteiger partial charge in [0, 0.05) is 17.4 Å². The third-order valence-corrected chi connectivity index (χ3v) is 3.33. The Morgan fingerprint density at radius 2 is 1.91 bits per heavy atom. The number of nitrogens with zero attached hydrogens (tertiary/aromatic N) is 2. The number of aromatic nitrogens is 2. The standard InChI is InChI=1S/C15H12N4O3/c16-10-5-4-8(7-9(10)15(21)22)12(20)14-18-13(17)11-3-1-2-6-19(11)14/h1-7H,16-17H2,(H,21,22). The highest BCUT2D eigenvalue weighted by molar-refractivity contribution is 6.09. The number of pyridine rings is 1. The van der Waals surface area contributed by atoms with Crippen LogP contribution in [-0.4, -0.2) is 26.2 Å². The molecule has 7 heteroatoms. The molecule has 110 valence electrons. The quantitative estimate of drug-likeness (QED) is 0.496. The Labute approximate surface area is 124 Å². The summed E-state index contributed by atoms with van der Waals surface area (Å²) >= 11 is 0. The van der Waals surface area contributed by atoms with Crippen LogP contribution in [0.2, 0.25) is 0 Å². The van der Waals surface area contributed by atoms with Gasteiger partial charge in [-0.15, -0.1) is 0 Å². The van der Waals surface area contributed by atoms with Gasteiger partial charge in [0.2, 0.25) is 5.78 Å². The average Bonchev–Trinajstić information content (AvgIpc) is 2.84. The zero-order valence-corrected chi connectivity index (χ0v) is 11.4. The van der Waals surface area contributed by atoms with E-state index in [1.807, 2.05) is 0 Å². The van der Waals surface area contributed by atoms with Crippen LogP contribution in [0, 0.1) is 0 Å². The highest BCUT2D eigenvalue weighted by Gasteiger charge is 2.19. The summed E-state index contributed by atoms with van der Waals surface area (Å²) in [4.78, 5) is 27.8. The minimum atomic E-state index is -1.19. The molecule has 3 aromatic rings. The van der Waals surface area contributed by atoms with E-state index in [0.29, 0.717) is 5.52 Å². The number of nitrogens with two attached hydrogens (primary N) is 2. The zero-order chi connectivity index (χ0) is 15.9. The van der Waals surface area contributed by atoms with Gasteiger partial charge in [0.15, 0.2) is 5.82 Å². The molecule has 2 aromatic heterocycles. The monoisotopic (exact) mass is 296 g/mol. The van der Waals surface area contributed by atoms with Gasteiger partial charge in [-0.25, -0.2) is 9.78 Å². The van der Waals surface area contributed by atoms with Crippen molar-refractivity contribution in [1.29, 1.82) is 0 Å². The fourth-order valence-corrected chi connectivity index (χ4v) is 2.23. The van der Waals surface area contributed by atoms with Crippen LogP contribution in [-0.2, 0) is 0 Å². The summed E-state index contributed by atoms with van der Waals surface area (Å²) in [6.07, 6.45) is 1.67. The molecule has 0 aliphatic heterocycles. The number of anilines is 2. The van der Waals surface area contributed by atoms with Crippen molar-refractivity contribution in [2.75, 3.05) is 11.5 Å². The third-order valence-electron chi connectivity index (χ3n) is 3.33. The number of fused-ring (bicyclic) bond motifs is 1. The predicted molar refractivity (Wildman–Crippen MR) is 80.9 cm³/mol. The van der Waals surface area contributed by atoms with Crippen LogP contribution in [0.4, 0.5) is 11.5 Å². The molecule has 0 aliphatic rings. The van der Waals surface area contributed by atoms with Crippen molar-refractivity contribution in [2.45, 2.75) is 0 Å². The lowest BCUT2D eigenvalue weighted by molar-refractivity contribution is 0.0698. The highest BCUT2D eigenvalue weighted by Crippen LogP contribution is 2.20. The van der Waals surface area contributed by atoms with E-state index < -0.39 is 11.8 Å². The van der Waals surface area contributed by atoms with Gasteiger partial charge >= 0.3 is 5.97 Å². The fourth-order valence-electron chi connectivity index (χ4n) is 2.23. The van der Waals surface area contributed by atoms with Gasteiger partial charge in [-0.3, -0.25) is 9.20 Å². The Kier molecular flexibility index (Phi) is 3.03. The Balaban J connectivity index is 2.14. The molecule has 1 aromatic carbocycles. The molecule has 0 fully saturated rings. The van der Waals surface area contributed by atoms with Crippen molar-refractivity contribution in [1.82, 2.24) is 9.38 Å². The van der Waals surface area contributed by atoms with Gasteiger partial charge in [-0.2, -0.15) is 0 Å². The number of hydrogen-bond acceptors (Lipinski definition) is 5. The molecule has 0 saturated heterocycles. The number of carbonyl (C=O) groups is 2. The number of benzene rings is 1. The van der Waals surface area contributed by atoms with Crippen molar-refractivity contribution in [3.63, 3.8) is 0 Å². The lowest BCUT2D eigenvalue weighted by Gasteiger charge is -2.04. The minimum Gasteiger partial charge on any atom is -0.478 e. The van der Waals surface area contributed by atoms with Gasteiger partial charge in [0.05, 0.1) is 11.1 Å². The topological polar surface area (TPSA) is 124 Å². The van der Waals surface area contributed by atoms with E-state index >= 15 is 0 Å². The molecule has 7 nitrogen and oxygen atoms in total. The van der Waals surface area contributed by atoms with Gasteiger partial charge in [-0.05, 0) is 30.3 Å². The second kappa shape index (κ2) is 4.88. The second-order valence-corrected chi connectivity index (χ2v) is 4.71. The molecule has 2 heterocycles. The lowest BCUT2D eigenvalue weighted by atomic mass is 10.1. The number of rotatable bonds is 3. The summed E-state index contributed by atoms with van der Waals surface area (Å²) in [5, 5.41) is 9.09. The zero-order valence-electron chi connectivity index (χ0n) is 11.4. The summed E-state index contributed by atoms with van der Waals surface area (Å²) in [5.41, 5.74) is 12.2. The Bertz CT molecular complexity index is 914. The molecule has 0 aliphatic carbocycles. The highest BCUT2D eigenvalue weighted by atomic mass is 16.4. The van der Waals surface area contributed by atoms with Gasteiger partial charge in [-0.1, -0.05) is 6.07 Å². The van der Waals surface area contributed by atoms with Crippen molar-refractivity contribution in [3.05, 3.63) is 59.5 Å². The number of ketones is 1. The van der Waals surface area contributed by atoms with E-state index in [2.05, 4.69) is 4.98 Å². The molecule has 0 radical (unpaired) electrons. The number of aromatic carboxylic acids is 1. The van der Waals surface area contributed by atoms with Crippen LogP contribution in [0.15, 0.2) is 42.6 Å². The van der Waals surface area contributed by atoms with E-state index in [0.717, 1.165) is 0 Å². The van der Waals surface area contributed by atoms with Crippen LogP contribution in [0.25, 0.3) is 5.52 Å². The molecule has 3 rings (SSSR count). The molecule has 0 unspecified atom stereocenters. The summed E-state index contributed by atoms with van der Waals surface area (Å²) in [7, 11) is 0. The number of carbonyl (C=O) groups excluding carboxylic acids is 1. The van der Waals surface area contributed by atoms with Gasteiger partial charge in [0.25, 0.3) is 0 Å². The molecular formula is C15H12N4O3. The first-order valence-corrected chi connectivity index (χ1v) is 6.39. The van der Waals surface area contributed by atoms with Crippen LogP contribution in [0.3, 0.4) is 0 Å². The van der Waals surface area contributed by atoms with Crippen LogP contribution < -0.4 is 11.5 Å². The maximum Gasteiger partial charge on any atom is 0.337 e. The van der Waals surface area contributed by atoms with Crippen LogP contribution in [0.5, 0.6) is 0 Å². The average molecular weight is 296 g/mol. The normalized spacial score (nSPS) is 10.7. The fraction of sp³-hybridized carbons (Fsp3) is 0. The molecular weight excluding hydrogens is 284 g/mol. The minimum absolute atomic E-state index is 0.0940. The van der Waals surface area contributed by atoms with Crippen LogP contribution in [0.1, 0.15) is 26.5 Å². The largest absolute Gasteiger partial charge is 0.478 e. The predicted octanol–water partition coefficient (Wildman–Crippen LogP) is 1.43. The smallest absolute Gasteiger partial charge is 0.337 e. The van der Waals surface area contributed by atoms with Gasteiger partial charge in [0.1, 0.15) is 5.82 Å². The summed E-state index contributed by atoms with van der Waals surface area (Å²) in [6, 6.07) is 9.36. The first-order chi connectivity index (χ1) is 10.5. The van der Waals surface area contributed by atoms with E-state index in [-0.39, 0.29) is 28.5 Å². The first kappa shape index (κ1) is 13.6. The van der Waals surface area contributed by atoms with E-state index in [1.54, 1.807) is 28.8 Å². The second-order valence-electron chi connectivity index (χ2n) is 4.71. The van der Waals surface area contributed by atoms with E-state index in [9.17, 15) is 9.59 Å². The number of imidazole rings is 1. The Hall–Kier alpha value is -3.35. The van der Waals surface area contributed by atoms with Crippen LogP contribution >= 0.6 is 0 Å². The third kappa shape index (κ3) is 2.05. The Morgan fingerprint density at radius 1 is 1.14 bits per heavy atom. The molecule has 0 bridgehead atoms. The van der Waals surface area contributed by atoms with Crippen molar-refractivity contribution in [3.8, 4) is 0 Å². The number of carboxylic acids is 1. The number of carboxylic acid groups (broad SMARTS) is 1. The summed E-state index contributed by atoms with van der Waals surface area (Å²) in [5.74, 6) is -1.27. The molecule has 0 amide bonds. The molecule has 5 N–H and O–H groups in total. The summed E-state index contributed by atoms with van der Waals surface area (Å²) < 4.78 is 1.56. The van der Waals surface area contributed by atoms with Crippen molar-refractivity contribution >= 4 is 28.8 Å². The van der Waals surface area contributed by atoms with Crippen molar-refractivity contribution < 1.29 is 14.7 Å². The lowest BCUT2D eigenvalue weighted by Crippen LogP contribution is -2.10. The maximum atomic E-state index is 12.6. The number of nitrogen functional groups attached to an aromatic ring is 2. The van der Waals surface area contributed by atoms with Crippen molar-refractivity contribution in [2.24, 2.45) is 0 Å². The van der Waals surface area contributed by atoms with E-state index in [1.165, 1.54) is 18.2 Å².